The van der Waals surface area contributed by atoms with Crippen molar-refractivity contribution in [1.82, 2.24) is 0 Å². The smallest absolute Gasteiger partial charge is 0.192 e. The van der Waals surface area contributed by atoms with E-state index in [0.29, 0.717) is 18.8 Å². The van der Waals surface area contributed by atoms with Crippen molar-refractivity contribution in [3.05, 3.63) is 24.3 Å². The van der Waals surface area contributed by atoms with E-state index in [-0.39, 0.29) is 16.9 Å². The number of hydrogen-bond acceptors (Lipinski definition) is 3. The fourth-order valence-electron chi connectivity index (χ4n) is 4.89. The van der Waals surface area contributed by atoms with Gasteiger partial charge in [-0.2, -0.15) is 0 Å². The zero-order valence-electron chi connectivity index (χ0n) is 15.8. The maximum Gasteiger partial charge on any atom is 0.192 e. The zero-order chi connectivity index (χ0) is 18.0. The molecule has 2 fully saturated rings. The molecule has 0 aliphatic heterocycles. The SMILES string of the molecule is C=C[C@]1(O)CC[C@@H](O[Si](C)(C)C(C)(C)C)[C@@]12CC[C@H]1CC(=O)C=C12. The summed E-state index contributed by atoms with van der Waals surface area (Å²) in [4.78, 5) is 12.0. The van der Waals surface area contributed by atoms with Crippen molar-refractivity contribution in [2.45, 2.75) is 82.7 Å². The Balaban J connectivity index is 2.03. The Morgan fingerprint density at radius 3 is 2.58 bits per heavy atom. The third-order valence-electron chi connectivity index (χ3n) is 7.30. The predicted molar refractivity (Wildman–Crippen MR) is 99.3 cm³/mol. The van der Waals surface area contributed by atoms with Crippen LogP contribution in [0, 0.1) is 11.3 Å². The molecule has 3 nitrogen and oxygen atoms in total. The van der Waals surface area contributed by atoms with Crippen LogP contribution in [0.3, 0.4) is 0 Å². The number of rotatable bonds is 3. The van der Waals surface area contributed by atoms with Gasteiger partial charge in [0.2, 0.25) is 0 Å². The van der Waals surface area contributed by atoms with Crippen molar-refractivity contribution >= 4 is 14.1 Å². The normalized spacial score (nSPS) is 39.4. The molecule has 4 atom stereocenters. The van der Waals surface area contributed by atoms with Crippen LogP contribution in [-0.2, 0) is 9.22 Å². The summed E-state index contributed by atoms with van der Waals surface area (Å²) in [6, 6.07) is 0. The van der Waals surface area contributed by atoms with Gasteiger partial charge in [0, 0.05) is 11.8 Å². The van der Waals surface area contributed by atoms with Gasteiger partial charge in [-0.05, 0) is 55.8 Å². The quantitative estimate of drug-likeness (QED) is 0.608. The van der Waals surface area contributed by atoms with E-state index in [1.807, 2.05) is 6.08 Å². The minimum absolute atomic E-state index is 0.0106. The van der Waals surface area contributed by atoms with E-state index in [1.165, 1.54) is 0 Å². The average molecular weight is 349 g/mol. The number of carbonyl (C=O) groups excluding carboxylic acids is 1. The maximum absolute atomic E-state index is 12.0. The molecule has 0 aromatic heterocycles. The van der Waals surface area contributed by atoms with Gasteiger partial charge in [0.1, 0.15) is 0 Å². The van der Waals surface area contributed by atoms with E-state index < -0.39 is 19.3 Å². The summed E-state index contributed by atoms with van der Waals surface area (Å²) in [5.41, 5.74) is -0.247. The molecule has 0 aromatic rings. The Kier molecular flexibility index (Phi) is 4.06. The van der Waals surface area contributed by atoms with Crippen molar-refractivity contribution in [2.24, 2.45) is 11.3 Å². The van der Waals surface area contributed by atoms with Gasteiger partial charge in [0.25, 0.3) is 0 Å². The lowest BCUT2D eigenvalue weighted by atomic mass is 9.68. The van der Waals surface area contributed by atoms with Crippen LogP contribution in [-0.4, -0.2) is 30.9 Å². The van der Waals surface area contributed by atoms with Gasteiger partial charge in [-0.15, -0.1) is 6.58 Å². The summed E-state index contributed by atoms with van der Waals surface area (Å²) in [7, 11) is -1.96. The fraction of sp³-hybridized carbons (Fsp3) is 0.750. The molecule has 0 bridgehead atoms. The van der Waals surface area contributed by atoms with Gasteiger partial charge in [-0.1, -0.05) is 32.4 Å². The van der Waals surface area contributed by atoms with E-state index in [9.17, 15) is 9.90 Å². The first-order valence-electron chi connectivity index (χ1n) is 9.25. The Hall–Kier alpha value is -0.713. The molecule has 134 valence electrons. The molecule has 24 heavy (non-hydrogen) atoms. The van der Waals surface area contributed by atoms with Crippen LogP contribution in [0.1, 0.15) is 52.9 Å². The van der Waals surface area contributed by atoms with Gasteiger partial charge in [0.15, 0.2) is 14.1 Å². The monoisotopic (exact) mass is 348 g/mol. The number of hydrogen-bond donors (Lipinski definition) is 1. The lowest BCUT2D eigenvalue weighted by molar-refractivity contribution is -0.114. The predicted octanol–water partition coefficient (Wildman–Crippen LogP) is 4.38. The highest BCUT2D eigenvalue weighted by Gasteiger charge is 2.65. The van der Waals surface area contributed by atoms with Crippen LogP contribution < -0.4 is 0 Å². The molecule has 0 saturated heterocycles. The molecule has 0 aromatic carbocycles. The van der Waals surface area contributed by atoms with Crippen LogP contribution in [0.2, 0.25) is 18.1 Å². The zero-order valence-corrected chi connectivity index (χ0v) is 16.8. The van der Waals surface area contributed by atoms with Crippen molar-refractivity contribution in [3.8, 4) is 0 Å². The first-order valence-corrected chi connectivity index (χ1v) is 12.2. The van der Waals surface area contributed by atoms with Gasteiger partial charge >= 0.3 is 0 Å². The van der Waals surface area contributed by atoms with Crippen LogP contribution >= 0.6 is 0 Å². The summed E-state index contributed by atoms with van der Waals surface area (Å²) in [6.45, 7) is 15.2. The molecule has 0 radical (unpaired) electrons. The van der Waals surface area contributed by atoms with Crippen molar-refractivity contribution < 1.29 is 14.3 Å². The molecule has 4 heteroatoms. The highest BCUT2D eigenvalue weighted by molar-refractivity contribution is 6.74. The van der Waals surface area contributed by atoms with E-state index >= 15 is 0 Å². The second-order valence-corrected chi connectivity index (χ2v) is 14.3. The number of fused-ring (bicyclic) bond motifs is 2. The Bertz CT molecular complexity index is 600. The second-order valence-electron chi connectivity index (χ2n) is 9.51. The van der Waals surface area contributed by atoms with Crippen molar-refractivity contribution in [2.75, 3.05) is 0 Å². The minimum Gasteiger partial charge on any atom is -0.413 e. The highest BCUT2D eigenvalue weighted by atomic mass is 28.4. The van der Waals surface area contributed by atoms with Crippen molar-refractivity contribution in [3.63, 3.8) is 0 Å². The molecule has 0 unspecified atom stereocenters. The molecule has 0 amide bonds. The Morgan fingerprint density at radius 1 is 1.33 bits per heavy atom. The van der Waals surface area contributed by atoms with E-state index in [0.717, 1.165) is 24.8 Å². The second kappa shape index (κ2) is 5.39. The van der Waals surface area contributed by atoms with Crippen LogP contribution in [0.4, 0.5) is 0 Å². The molecule has 1 N–H and O–H groups in total. The van der Waals surface area contributed by atoms with Crippen LogP contribution in [0.25, 0.3) is 0 Å². The summed E-state index contributed by atoms with van der Waals surface area (Å²) in [6.07, 6.45) is 7.53. The fourth-order valence-corrected chi connectivity index (χ4v) is 6.27. The lowest BCUT2D eigenvalue weighted by Crippen LogP contribution is -2.53. The average Bonchev–Trinajstić information content (AvgIpc) is 3.07. The molecule has 2 saturated carbocycles. The number of ketones is 1. The first-order chi connectivity index (χ1) is 11.0. The summed E-state index contributed by atoms with van der Waals surface area (Å²) >= 11 is 0. The number of allylic oxidation sites excluding steroid dienone is 1. The van der Waals surface area contributed by atoms with Gasteiger partial charge in [-0.3, -0.25) is 4.79 Å². The maximum atomic E-state index is 12.0. The summed E-state index contributed by atoms with van der Waals surface area (Å²) in [5, 5.41) is 11.5. The molecular formula is C20H32O3Si. The Labute approximate surface area is 147 Å². The summed E-state index contributed by atoms with van der Waals surface area (Å²) in [5.74, 6) is 0.506. The molecule has 1 spiro atoms. The van der Waals surface area contributed by atoms with E-state index in [4.69, 9.17) is 4.43 Å². The van der Waals surface area contributed by atoms with Crippen LogP contribution in [0.15, 0.2) is 24.3 Å². The first kappa shape index (κ1) is 18.1. The molecule has 0 heterocycles. The number of aliphatic hydroxyl groups is 1. The molecular weight excluding hydrogens is 316 g/mol. The molecule has 3 rings (SSSR count). The lowest BCUT2D eigenvalue weighted by Gasteiger charge is -2.47. The van der Waals surface area contributed by atoms with Crippen LogP contribution in [0.5, 0.6) is 0 Å². The molecule has 3 aliphatic carbocycles. The van der Waals surface area contributed by atoms with E-state index in [2.05, 4.69) is 40.4 Å². The Morgan fingerprint density at radius 2 is 2.00 bits per heavy atom. The third kappa shape index (κ3) is 2.33. The van der Waals surface area contributed by atoms with E-state index in [1.54, 1.807) is 6.08 Å². The topological polar surface area (TPSA) is 46.5 Å². The largest absolute Gasteiger partial charge is 0.413 e. The van der Waals surface area contributed by atoms with Crippen molar-refractivity contribution in [1.29, 1.82) is 0 Å². The van der Waals surface area contributed by atoms with Gasteiger partial charge in [-0.25, -0.2) is 0 Å². The number of carbonyl (C=O) groups is 1. The highest BCUT2D eigenvalue weighted by Crippen LogP contribution is 2.64. The van der Waals surface area contributed by atoms with Gasteiger partial charge in [0.05, 0.1) is 11.7 Å². The van der Waals surface area contributed by atoms with Gasteiger partial charge < -0.3 is 9.53 Å². The molecule has 3 aliphatic rings. The minimum atomic E-state index is -1.96. The summed E-state index contributed by atoms with van der Waals surface area (Å²) < 4.78 is 6.82. The third-order valence-corrected chi connectivity index (χ3v) is 11.8. The standard InChI is InChI=1S/C20H32O3Si/c1-7-19(22)10-9-17(23-24(5,6)18(2,3)4)20(19)11-8-14-12-15(21)13-16(14)20/h7,13-14,17,22H,1,8-12H2,2-6H3/t14-,17+,19-,20-/m0/s1.